The Kier molecular flexibility index (Phi) is 6.14. The zero-order valence-electron chi connectivity index (χ0n) is 16.2. The van der Waals surface area contributed by atoms with Crippen molar-refractivity contribution >= 4 is 13.8 Å². The van der Waals surface area contributed by atoms with Gasteiger partial charge in [0.15, 0.2) is 0 Å². The third-order valence-electron chi connectivity index (χ3n) is 4.67. The third kappa shape index (κ3) is 5.06. The van der Waals surface area contributed by atoms with Crippen molar-refractivity contribution in [2.75, 3.05) is 24.6 Å². The van der Waals surface area contributed by atoms with E-state index >= 15 is 0 Å². The van der Waals surface area contributed by atoms with Crippen molar-refractivity contribution in [2.24, 2.45) is 0 Å². The second-order valence-electron chi connectivity index (χ2n) is 8.09. The Morgan fingerprint density at radius 3 is 2.70 bits per heavy atom. The van der Waals surface area contributed by atoms with Gasteiger partial charge < -0.3 is 19.3 Å². The van der Waals surface area contributed by atoms with Crippen LogP contribution in [0.5, 0.6) is 0 Å². The van der Waals surface area contributed by atoms with Gasteiger partial charge in [-0.25, -0.2) is 9.37 Å². The van der Waals surface area contributed by atoms with E-state index in [0.29, 0.717) is 43.5 Å². The van der Waals surface area contributed by atoms with Gasteiger partial charge in [-0.3, -0.25) is 0 Å². The Bertz CT molecular complexity index is 793. The van der Waals surface area contributed by atoms with Crippen LogP contribution in [0.4, 0.5) is 10.1 Å². The van der Waals surface area contributed by atoms with E-state index in [1.54, 1.807) is 18.5 Å². The highest BCUT2D eigenvalue weighted by molar-refractivity contribution is 6.76. The van der Waals surface area contributed by atoms with E-state index in [-0.39, 0.29) is 5.82 Å². The van der Waals surface area contributed by atoms with Gasteiger partial charge in [0.2, 0.25) is 0 Å². The van der Waals surface area contributed by atoms with Crippen molar-refractivity contribution in [3.63, 3.8) is 0 Å². The van der Waals surface area contributed by atoms with Crippen molar-refractivity contribution < 1.29 is 14.2 Å². The van der Waals surface area contributed by atoms with Crippen molar-refractivity contribution in [1.82, 2.24) is 9.55 Å². The summed E-state index contributed by atoms with van der Waals surface area (Å²) in [5, 5.41) is 11.0. The molecule has 0 amide bonds. The standard InChI is InChI=1S/C20H28FN3O2Si/c1-27(2,3)13-12-26-15-24-11-8-22-20(24)19(25)17-7-6-16(21)14-18(17)23-9-4-5-10-23/h4-8,11,14,19,25H,9-10,12-13,15H2,1-3H3. The summed E-state index contributed by atoms with van der Waals surface area (Å²) in [5.74, 6) is 0.189. The van der Waals surface area contributed by atoms with Crippen molar-refractivity contribution in [3.8, 4) is 0 Å². The molecule has 1 unspecified atom stereocenters. The number of rotatable bonds is 8. The Balaban J connectivity index is 1.75. The molecule has 0 fully saturated rings. The molecule has 2 heterocycles. The highest BCUT2D eigenvalue weighted by atomic mass is 28.3. The van der Waals surface area contributed by atoms with Crippen LogP contribution >= 0.6 is 0 Å². The fourth-order valence-corrected chi connectivity index (χ4v) is 3.81. The van der Waals surface area contributed by atoms with Gasteiger partial charge in [-0.05, 0) is 18.2 Å². The number of aromatic nitrogens is 2. The number of hydrogen-bond donors (Lipinski definition) is 1. The molecule has 7 heteroatoms. The molecule has 0 saturated heterocycles. The molecule has 0 spiro atoms. The topological polar surface area (TPSA) is 50.5 Å². The van der Waals surface area contributed by atoms with E-state index in [1.165, 1.54) is 12.1 Å². The SMILES string of the molecule is C[Si](C)(C)CCOCn1ccnc1C(O)c1ccc(F)cc1N1CC=CC1. The quantitative estimate of drug-likeness (QED) is 0.424. The lowest BCUT2D eigenvalue weighted by atomic mass is 10.1. The molecule has 1 aliphatic heterocycles. The number of benzene rings is 1. The van der Waals surface area contributed by atoms with Gasteiger partial charge in [-0.2, -0.15) is 0 Å². The van der Waals surface area contributed by atoms with E-state index in [1.807, 2.05) is 21.6 Å². The molecule has 5 nitrogen and oxygen atoms in total. The number of aliphatic hydroxyl groups is 1. The summed E-state index contributed by atoms with van der Waals surface area (Å²) >= 11 is 0. The second-order valence-corrected chi connectivity index (χ2v) is 13.7. The number of imidazole rings is 1. The first-order valence-electron chi connectivity index (χ1n) is 9.31. The molecule has 0 aliphatic carbocycles. The van der Waals surface area contributed by atoms with Crippen molar-refractivity contribution in [2.45, 2.75) is 38.5 Å². The van der Waals surface area contributed by atoms with Gasteiger partial charge >= 0.3 is 0 Å². The fourth-order valence-electron chi connectivity index (χ4n) is 3.05. The van der Waals surface area contributed by atoms with Crippen molar-refractivity contribution in [1.29, 1.82) is 0 Å². The summed E-state index contributed by atoms with van der Waals surface area (Å²) in [7, 11) is -1.14. The molecule has 0 bridgehead atoms. The first kappa shape index (κ1) is 19.8. The number of hydrogen-bond acceptors (Lipinski definition) is 4. The lowest BCUT2D eigenvalue weighted by Crippen LogP contribution is -2.23. The van der Waals surface area contributed by atoms with Crippen LogP contribution in [0.3, 0.4) is 0 Å². The Morgan fingerprint density at radius 2 is 2.00 bits per heavy atom. The van der Waals surface area contributed by atoms with Gasteiger partial charge in [0.05, 0.1) is 0 Å². The van der Waals surface area contributed by atoms with Crippen LogP contribution in [-0.4, -0.2) is 42.4 Å². The second kappa shape index (κ2) is 8.37. The summed E-state index contributed by atoms with van der Waals surface area (Å²) in [4.78, 5) is 6.35. The van der Waals surface area contributed by atoms with E-state index in [4.69, 9.17) is 4.74 Å². The zero-order valence-corrected chi connectivity index (χ0v) is 17.2. The Hall–Kier alpha value is -1.96. The molecule has 3 rings (SSSR count). The maximum atomic E-state index is 13.8. The lowest BCUT2D eigenvalue weighted by Gasteiger charge is -2.24. The third-order valence-corrected chi connectivity index (χ3v) is 6.37. The minimum atomic E-state index is -1.14. The summed E-state index contributed by atoms with van der Waals surface area (Å²) < 4.78 is 21.4. The molecule has 27 heavy (non-hydrogen) atoms. The number of aliphatic hydroxyl groups excluding tert-OH is 1. The molecule has 2 aromatic rings. The Morgan fingerprint density at radius 1 is 1.26 bits per heavy atom. The largest absolute Gasteiger partial charge is 0.380 e. The highest BCUT2D eigenvalue weighted by Gasteiger charge is 2.23. The number of ether oxygens (including phenoxy) is 1. The molecule has 1 atom stereocenters. The summed E-state index contributed by atoms with van der Waals surface area (Å²) in [5.41, 5.74) is 1.34. The minimum absolute atomic E-state index is 0.314. The smallest absolute Gasteiger partial charge is 0.144 e. The van der Waals surface area contributed by atoms with Crippen LogP contribution in [0.25, 0.3) is 0 Å². The monoisotopic (exact) mass is 389 g/mol. The predicted octanol–water partition coefficient (Wildman–Crippen LogP) is 3.79. The highest BCUT2D eigenvalue weighted by Crippen LogP contribution is 2.32. The molecule has 0 radical (unpaired) electrons. The van der Waals surface area contributed by atoms with E-state index in [0.717, 1.165) is 6.04 Å². The number of anilines is 1. The normalized spacial score (nSPS) is 15.5. The van der Waals surface area contributed by atoms with Crippen LogP contribution in [0, 0.1) is 5.82 Å². The molecule has 1 aliphatic rings. The van der Waals surface area contributed by atoms with Gasteiger partial charge in [-0.1, -0.05) is 37.9 Å². The first-order chi connectivity index (χ1) is 12.8. The van der Waals surface area contributed by atoms with E-state index in [2.05, 4.69) is 24.6 Å². The van der Waals surface area contributed by atoms with Gasteiger partial charge in [0.25, 0.3) is 0 Å². The predicted molar refractivity (Wildman–Crippen MR) is 108 cm³/mol. The average Bonchev–Trinajstić information content (AvgIpc) is 3.29. The summed E-state index contributed by atoms with van der Waals surface area (Å²) in [6, 6.07) is 5.58. The summed E-state index contributed by atoms with van der Waals surface area (Å²) in [6.45, 7) is 9.39. The maximum Gasteiger partial charge on any atom is 0.144 e. The Labute approximate surface area is 161 Å². The van der Waals surface area contributed by atoms with Gasteiger partial charge in [0.1, 0.15) is 24.5 Å². The molecule has 0 saturated carbocycles. The van der Waals surface area contributed by atoms with Crippen LogP contribution in [-0.2, 0) is 11.5 Å². The van der Waals surface area contributed by atoms with Crippen LogP contribution in [0.1, 0.15) is 17.5 Å². The minimum Gasteiger partial charge on any atom is -0.380 e. The average molecular weight is 390 g/mol. The fraction of sp³-hybridized carbons (Fsp3) is 0.450. The summed E-state index contributed by atoms with van der Waals surface area (Å²) in [6.07, 6.45) is 6.58. The molecule has 1 N–H and O–H groups in total. The lowest BCUT2D eigenvalue weighted by molar-refractivity contribution is 0.0787. The molecule has 1 aromatic carbocycles. The van der Waals surface area contributed by atoms with Crippen molar-refractivity contribution in [3.05, 3.63) is 59.9 Å². The zero-order chi connectivity index (χ0) is 19.4. The van der Waals surface area contributed by atoms with E-state index < -0.39 is 14.2 Å². The number of halogens is 1. The molecule has 146 valence electrons. The van der Waals surface area contributed by atoms with Crippen LogP contribution < -0.4 is 4.90 Å². The van der Waals surface area contributed by atoms with Crippen LogP contribution in [0.15, 0.2) is 42.7 Å². The number of nitrogens with zero attached hydrogens (tertiary/aromatic N) is 3. The maximum absolute atomic E-state index is 13.8. The molecule has 1 aromatic heterocycles. The van der Waals surface area contributed by atoms with Gasteiger partial charge in [-0.15, -0.1) is 0 Å². The van der Waals surface area contributed by atoms with E-state index in [9.17, 15) is 9.50 Å². The first-order valence-corrected chi connectivity index (χ1v) is 13.0. The van der Waals surface area contributed by atoms with Gasteiger partial charge in [0, 0.05) is 51.4 Å². The van der Waals surface area contributed by atoms with Crippen LogP contribution in [0.2, 0.25) is 25.7 Å². The molecular weight excluding hydrogens is 361 g/mol. The molecular formula is C20H28FN3O2Si.